The van der Waals surface area contributed by atoms with Gasteiger partial charge in [0.05, 0.1) is 7.11 Å². The van der Waals surface area contributed by atoms with Gasteiger partial charge in [-0.2, -0.15) is 0 Å². The molecule has 0 radical (unpaired) electrons. The van der Waals surface area contributed by atoms with Gasteiger partial charge < -0.3 is 20.3 Å². The summed E-state index contributed by atoms with van der Waals surface area (Å²) in [6.45, 7) is 6.52. The van der Waals surface area contributed by atoms with E-state index in [1.165, 1.54) is 12.0 Å². The smallest absolute Gasteiger partial charge is 0.414 e. The first-order chi connectivity index (χ1) is 9.86. The van der Waals surface area contributed by atoms with Crippen LogP contribution >= 0.6 is 0 Å². The highest BCUT2D eigenvalue weighted by Crippen LogP contribution is 2.10. The van der Waals surface area contributed by atoms with E-state index < -0.39 is 11.9 Å². The Balaban J connectivity index is 0.000000567. The molecule has 1 aromatic rings. The predicted molar refractivity (Wildman–Crippen MR) is 79.4 cm³/mol. The molecule has 3 N–H and O–H groups in total. The third kappa shape index (κ3) is 10.4. The van der Waals surface area contributed by atoms with Crippen molar-refractivity contribution in [1.29, 1.82) is 0 Å². The quantitative estimate of drug-likeness (QED) is 0.549. The number of benzene rings is 1. The molecule has 0 atom stereocenters. The molecule has 118 valence electrons. The summed E-state index contributed by atoms with van der Waals surface area (Å²) in [4.78, 5) is 18.2. The van der Waals surface area contributed by atoms with Crippen LogP contribution in [-0.4, -0.2) is 35.8 Å². The first kappa shape index (κ1) is 18.9. The van der Waals surface area contributed by atoms with E-state index in [0.717, 1.165) is 24.8 Å². The average Bonchev–Trinajstić information content (AvgIpc) is 2.44. The summed E-state index contributed by atoms with van der Waals surface area (Å²) in [6, 6.07) is 8.20. The molecule has 0 saturated carbocycles. The summed E-state index contributed by atoms with van der Waals surface area (Å²) >= 11 is 0. The van der Waals surface area contributed by atoms with Gasteiger partial charge in [-0.1, -0.05) is 26.0 Å². The van der Waals surface area contributed by atoms with Crippen molar-refractivity contribution in [3.8, 4) is 5.75 Å². The second kappa shape index (κ2) is 10.7. The SMILES string of the molecule is COc1ccc(CNCCC(C)C)cc1.O=C(O)C(=O)O. The highest BCUT2D eigenvalue weighted by molar-refractivity contribution is 6.27. The number of ether oxygens (including phenoxy) is 1. The molecule has 0 bridgehead atoms. The summed E-state index contributed by atoms with van der Waals surface area (Å²) in [6.07, 6.45) is 1.23. The van der Waals surface area contributed by atoms with Crippen LogP contribution in [0, 0.1) is 5.92 Å². The Bertz CT molecular complexity index is 416. The van der Waals surface area contributed by atoms with Gasteiger partial charge in [-0.3, -0.25) is 0 Å². The molecule has 0 aliphatic rings. The number of carbonyl (C=O) groups is 2. The van der Waals surface area contributed by atoms with Crippen molar-refractivity contribution < 1.29 is 24.5 Å². The van der Waals surface area contributed by atoms with Crippen LogP contribution in [0.25, 0.3) is 0 Å². The first-order valence-corrected chi connectivity index (χ1v) is 6.66. The van der Waals surface area contributed by atoms with Crippen LogP contribution < -0.4 is 10.1 Å². The number of hydrogen-bond donors (Lipinski definition) is 3. The van der Waals surface area contributed by atoms with Gasteiger partial charge in [0, 0.05) is 6.54 Å². The maximum Gasteiger partial charge on any atom is 0.414 e. The van der Waals surface area contributed by atoms with E-state index >= 15 is 0 Å². The van der Waals surface area contributed by atoms with E-state index in [0.29, 0.717) is 0 Å². The third-order valence-electron chi connectivity index (χ3n) is 2.57. The lowest BCUT2D eigenvalue weighted by Crippen LogP contribution is -2.16. The molecule has 0 aliphatic heterocycles. The summed E-state index contributed by atoms with van der Waals surface area (Å²) in [5, 5.41) is 18.2. The summed E-state index contributed by atoms with van der Waals surface area (Å²) in [5.41, 5.74) is 1.31. The van der Waals surface area contributed by atoms with Gasteiger partial charge in [0.15, 0.2) is 0 Å². The fraction of sp³-hybridized carbons (Fsp3) is 0.467. The second-order valence-corrected chi connectivity index (χ2v) is 4.82. The minimum absolute atomic E-state index is 0.772. The largest absolute Gasteiger partial charge is 0.497 e. The van der Waals surface area contributed by atoms with E-state index in [4.69, 9.17) is 24.5 Å². The van der Waals surface area contributed by atoms with Crippen molar-refractivity contribution in [1.82, 2.24) is 5.32 Å². The van der Waals surface area contributed by atoms with Gasteiger partial charge in [-0.25, -0.2) is 9.59 Å². The Morgan fingerprint density at radius 1 is 1.14 bits per heavy atom. The maximum atomic E-state index is 9.10. The summed E-state index contributed by atoms with van der Waals surface area (Å²) < 4.78 is 5.11. The zero-order valence-electron chi connectivity index (χ0n) is 12.6. The fourth-order valence-electron chi connectivity index (χ4n) is 1.37. The van der Waals surface area contributed by atoms with Crippen LogP contribution in [-0.2, 0) is 16.1 Å². The number of carboxylic acids is 2. The molecule has 6 heteroatoms. The first-order valence-electron chi connectivity index (χ1n) is 6.66. The van der Waals surface area contributed by atoms with E-state index in [9.17, 15) is 0 Å². The molecule has 1 aromatic carbocycles. The van der Waals surface area contributed by atoms with Crippen LogP contribution in [0.1, 0.15) is 25.8 Å². The molecule has 0 aliphatic carbocycles. The van der Waals surface area contributed by atoms with Crippen LogP contribution in [0.4, 0.5) is 0 Å². The van der Waals surface area contributed by atoms with Crippen LogP contribution in [0.5, 0.6) is 5.75 Å². The van der Waals surface area contributed by atoms with E-state index in [1.807, 2.05) is 12.1 Å². The molecular weight excluding hydrogens is 274 g/mol. The molecule has 0 heterocycles. The van der Waals surface area contributed by atoms with Crippen molar-refractivity contribution in [2.75, 3.05) is 13.7 Å². The van der Waals surface area contributed by atoms with Crippen molar-refractivity contribution >= 4 is 11.9 Å². The standard InChI is InChI=1S/C13H21NO.C2H2O4/c1-11(2)8-9-14-10-12-4-6-13(15-3)7-5-12;3-1(4)2(5)6/h4-7,11,14H,8-10H2,1-3H3;(H,3,4)(H,5,6). The van der Waals surface area contributed by atoms with Crippen molar-refractivity contribution in [3.05, 3.63) is 29.8 Å². The normalized spacial score (nSPS) is 9.71. The van der Waals surface area contributed by atoms with Gasteiger partial charge in [0.25, 0.3) is 0 Å². The number of aliphatic carboxylic acids is 2. The van der Waals surface area contributed by atoms with E-state index in [2.05, 4.69) is 31.3 Å². The minimum Gasteiger partial charge on any atom is -0.497 e. The predicted octanol–water partition coefficient (Wildman–Crippen LogP) is 1.99. The lowest BCUT2D eigenvalue weighted by atomic mass is 10.1. The number of rotatable bonds is 6. The van der Waals surface area contributed by atoms with Gasteiger partial charge in [-0.15, -0.1) is 0 Å². The number of carboxylic acid groups (broad SMARTS) is 2. The molecule has 0 saturated heterocycles. The van der Waals surface area contributed by atoms with Crippen LogP contribution in [0.2, 0.25) is 0 Å². The molecule has 0 fully saturated rings. The Morgan fingerprint density at radius 2 is 1.67 bits per heavy atom. The Hall–Kier alpha value is -2.08. The number of hydrogen-bond acceptors (Lipinski definition) is 4. The monoisotopic (exact) mass is 297 g/mol. The topological polar surface area (TPSA) is 95.9 Å². The molecule has 1 rings (SSSR count). The highest BCUT2D eigenvalue weighted by atomic mass is 16.5. The van der Waals surface area contributed by atoms with Gasteiger partial charge >= 0.3 is 11.9 Å². The van der Waals surface area contributed by atoms with Crippen LogP contribution in [0.15, 0.2) is 24.3 Å². The second-order valence-electron chi connectivity index (χ2n) is 4.82. The van der Waals surface area contributed by atoms with E-state index in [-0.39, 0.29) is 0 Å². The van der Waals surface area contributed by atoms with E-state index in [1.54, 1.807) is 7.11 Å². The molecule has 0 amide bonds. The minimum atomic E-state index is -1.82. The molecule has 0 unspecified atom stereocenters. The summed E-state index contributed by atoms with van der Waals surface area (Å²) in [5.74, 6) is -1.96. The zero-order valence-corrected chi connectivity index (χ0v) is 12.6. The fourth-order valence-corrected chi connectivity index (χ4v) is 1.37. The lowest BCUT2D eigenvalue weighted by Gasteiger charge is -2.07. The van der Waals surface area contributed by atoms with Gasteiger partial charge in [0.2, 0.25) is 0 Å². The lowest BCUT2D eigenvalue weighted by molar-refractivity contribution is -0.159. The van der Waals surface area contributed by atoms with Crippen molar-refractivity contribution in [2.45, 2.75) is 26.8 Å². The van der Waals surface area contributed by atoms with Crippen molar-refractivity contribution in [3.63, 3.8) is 0 Å². The molecule has 21 heavy (non-hydrogen) atoms. The third-order valence-corrected chi connectivity index (χ3v) is 2.57. The highest BCUT2D eigenvalue weighted by Gasteiger charge is 2.04. The maximum absolute atomic E-state index is 9.10. The number of methoxy groups -OCH3 is 1. The van der Waals surface area contributed by atoms with Gasteiger partial charge in [0.1, 0.15) is 5.75 Å². The average molecular weight is 297 g/mol. The molecule has 0 aromatic heterocycles. The van der Waals surface area contributed by atoms with Gasteiger partial charge in [-0.05, 0) is 36.6 Å². The Morgan fingerprint density at radius 3 is 2.05 bits per heavy atom. The summed E-state index contributed by atoms with van der Waals surface area (Å²) in [7, 11) is 1.69. The van der Waals surface area contributed by atoms with Crippen LogP contribution in [0.3, 0.4) is 0 Å². The molecular formula is C15H23NO5. The van der Waals surface area contributed by atoms with Crippen molar-refractivity contribution in [2.24, 2.45) is 5.92 Å². The molecule has 0 spiro atoms. The number of nitrogens with one attached hydrogen (secondary N) is 1. The zero-order chi connectivity index (χ0) is 16.3. The Kier molecular flexibility index (Phi) is 9.62. The molecule has 6 nitrogen and oxygen atoms in total. The Labute approximate surface area is 124 Å².